The summed E-state index contributed by atoms with van der Waals surface area (Å²) < 4.78 is 5.40. The van der Waals surface area contributed by atoms with Crippen LogP contribution in [-0.2, 0) is 4.74 Å². The molecule has 2 aliphatic rings. The number of ether oxygens (including phenoxy) is 1. The van der Waals surface area contributed by atoms with Gasteiger partial charge in [0.05, 0.1) is 0 Å². The largest absolute Gasteiger partial charge is 0.445 e. The molecule has 0 bridgehead atoms. The summed E-state index contributed by atoms with van der Waals surface area (Å²) in [6.07, 6.45) is -0.256. The molecule has 2 saturated heterocycles. The molecule has 1 radical (unpaired) electrons. The predicted octanol–water partition coefficient (Wildman–Crippen LogP) is 0.898. The Morgan fingerprint density at radius 1 is 1.29 bits per heavy atom. The minimum atomic E-state index is -0.445. The molecule has 0 aromatic heterocycles. The molecule has 4 unspecified atom stereocenters. The molecule has 2 aliphatic heterocycles. The smallest absolute Gasteiger partial charge is 0.397 e. The van der Waals surface area contributed by atoms with Crippen molar-refractivity contribution in [2.75, 3.05) is 0 Å². The molecule has 17 heavy (non-hydrogen) atoms. The van der Waals surface area contributed by atoms with Crippen molar-refractivity contribution in [1.82, 2.24) is 15.7 Å². The molecule has 1 amide bonds. The standard InChI is InChI=1S/C11H21BN3O2/c1-6-8-9(14-13-6)7(2)15(12-8)10(16)17-11(3,4)5/h6-9,13-14H,1-5H3. The number of amides is 1. The number of fused-ring (bicyclic) bond motifs is 1. The van der Waals surface area contributed by atoms with E-state index in [1.807, 2.05) is 35.1 Å². The fourth-order valence-electron chi connectivity index (χ4n) is 2.43. The van der Waals surface area contributed by atoms with Gasteiger partial charge in [-0.3, -0.25) is 10.9 Å². The highest BCUT2D eigenvalue weighted by Gasteiger charge is 2.49. The van der Waals surface area contributed by atoms with Gasteiger partial charge in [-0.15, -0.1) is 0 Å². The average Bonchev–Trinajstić information content (AvgIpc) is 2.67. The lowest BCUT2D eigenvalue weighted by atomic mass is 9.72. The molecule has 0 aliphatic carbocycles. The molecule has 0 spiro atoms. The van der Waals surface area contributed by atoms with Crippen molar-refractivity contribution in [1.29, 1.82) is 0 Å². The van der Waals surface area contributed by atoms with Gasteiger partial charge in [0.25, 0.3) is 7.41 Å². The van der Waals surface area contributed by atoms with Gasteiger partial charge in [-0.05, 0) is 40.4 Å². The normalized spacial score (nSPS) is 36.6. The quantitative estimate of drug-likeness (QED) is 0.615. The molecule has 6 heteroatoms. The highest BCUT2D eigenvalue weighted by atomic mass is 16.6. The first-order valence-electron chi connectivity index (χ1n) is 6.17. The molecule has 95 valence electrons. The van der Waals surface area contributed by atoms with Gasteiger partial charge in [-0.1, -0.05) is 0 Å². The summed E-state index contributed by atoms with van der Waals surface area (Å²) >= 11 is 0. The van der Waals surface area contributed by atoms with Gasteiger partial charge in [0.1, 0.15) is 5.60 Å². The fourth-order valence-corrected chi connectivity index (χ4v) is 2.43. The van der Waals surface area contributed by atoms with E-state index in [2.05, 4.69) is 17.8 Å². The van der Waals surface area contributed by atoms with Crippen molar-refractivity contribution < 1.29 is 9.53 Å². The number of carbonyl (C=O) groups is 1. The number of nitrogens with zero attached hydrogens (tertiary/aromatic N) is 1. The molecular weight excluding hydrogens is 217 g/mol. The average molecular weight is 238 g/mol. The topological polar surface area (TPSA) is 53.6 Å². The first-order chi connectivity index (χ1) is 7.79. The summed E-state index contributed by atoms with van der Waals surface area (Å²) in [5.74, 6) is 0.345. The zero-order chi connectivity index (χ0) is 12.8. The summed E-state index contributed by atoms with van der Waals surface area (Å²) in [6, 6.07) is 0.736. The minimum absolute atomic E-state index is 0.118. The molecule has 2 rings (SSSR count). The zero-order valence-corrected chi connectivity index (χ0v) is 11.2. The molecule has 0 saturated carbocycles. The maximum Gasteiger partial charge on any atom is 0.397 e. The summed E-state index contributed by atoms with van der Waals surface area (Å²) in [4.78, 5) is 13.7. The van der Waals surface area contributed by atoms with E-state index in [-0.39, 0.29) is 18.2 Å². The number of rotatable bonds is 0. The maximum absolute atomic E-state index is 12.0. The van der Waals surface area contributed by atoms with Crippen molar-refractivity contribution in [3.8, 4) is 0 Å². The van der Waals surface area contributed by atoms with Crippen LogP contribution >= 0.6 is 0 Å². The van der Waals surface area contributed by atoms with E-state index in [1.165, 1.54) is 0 Å². The summed E-state index contributed by atoms with van der Waals surface area (Å²) in [6.45, 7) is 9.80. The summed E-state index contributed by atoms with van der Waals surface area (Å²) in [5, 5.41) is 0. The van der Waals surface area contributed by atoms with Crippen molar-refractivity contribution in [3.05, 3.63) is 0 Å². The first kappa shape index (κ1) is 12.7. The monoisotopic (exact) mass is 238 g/mol. The molecular formula is C11H21BN3O2. The van der Waals surface area contributed by atoms with E-state index in [4.69, 9.17) is 4.74 Å². The van der Waals surface area contributed by atoms with Gasteiger partial charge < -0.3 is 9.55 Å². The Labute approximate surface area is 103 Å². The van der Waals surface area contributed by atoms with Gasteiger partial charge in [0, 0.05) is 18.1 Å². The Morgan fingerprint density at radius 3 is 2.47 bits per heavy atom. The van der Waals surface area contributed by atoms with Gasteiger partial charge in [-0.2, -0.15) is 0 Å². The third kappa shape index (κ3) is 2.42. The second-order valence-electron chi connectivity index (χ2n) is 5.96. The number of hydrogen-bond acceptors (Lipinski definition) is 4. The molecule has 4 atom stereocenters. The van der Waals surface area contributed by atoms with Crippen LogP contribution < -0.4 is 10.9 Å². The van der Waals surface area contributed by atoms with Crippen LogP contribution in [0.25, 0.3) is 0 Å². The van der Waals surface area contributed by atoms with E-state index in [0.717, 1.165) is 0 Å². The number of nitrogens with one attached hydrogen (secondary N) is 2. The minimum Gasteiger partial charge on any atom is -0.445 e. The van der Waals surface area contributed by atoms with Crippen LogP contribution in [0, 0.1) is 0 Å². The lowest BCUT2D eigenvalue weighted by molar-refractivity contribution is 0.0345. The molecule has 0 aromatic carbocycles. The Morgan fingerprint density at radius 2 is 1.94 bits per heavy atom. The highest BCUT2D eigenvalue weighted by Crippen LogP contribution is 2.33. The third-order valence-corrected chi connectivity index (χ3v) is 3.37. The van der Waals surface area contributed by atoms with Crippen LogP contribution in [0.2, 0.25) is 5.82 Å². The second-order valence-corrected chi connectivity index (χ2v) is 5.96. The number of carbonyl (C=O) groups excluding carboxylic acids is 1. The van der Waals surface area contributed by atoms with Gasteiger partial charge in [0.2, 0.25) is 0 Å². The van der Waals surface area contributed by atoms with Gasteiger partial charge in [0.15, 0.2) is 0 Å². The van der Waals surface area contributed by atoms with Crippen LogP contribution in [0.4, 0.5) is 4.79 Å². The number of hydrogen-bond donors (Lipinski definition) is 2. The van der Waals surface area contributed by atoms with E-state index in [9.17, 15) is 4.79 Å². The second kappa shape index (κ2) is 4.17. The van der Waals surface area contributed by atoms with Crippen molar-refractivity contribution >= 4 is 13.5 Å². The fraction of sp³-hybridized carbons (Fsp3) is 0.909. The summed E-state index contributed by atoms with van der Waals surface area (Å²) in [7, 11) is 1.99. The maximum atomic E-state index is 12.0. The number of hydrazine groups is 1. The molecule has 0 aromatic rings. The molecule has 2 heterocycles. The van der Waals surface area contributed by atoms with Crippen molar-refractivity contribution in [2.45, 2.75) is 64.2 Å². The predicted molar refractivity (Wildman–Crippen MR) is 66.6 cm³/mol. The highest BCUT2D eigenvalue weighted by molar-refractivity contribution is 6.40. The van der Waals surface area contributed by atoms with E-state index >= 15 is 0 Å². The van der Waals surface area contributed by atoms with Crippen LogP contribution in [-0.4, -0.2) is 42.0 Å². The van der Waals surface area contributed by atoms with Crippen LogP contribution in [0.5, 0.6) is 0 Å². The van der Waals surface area contributed by atoms with E-state index in [0.29, 0.717) is 11.9 Å². The van der Waals surface area contributed by atoms with Crippen molar-refractivity contribution in [2.24, 2.45) is 0 Å². The Balaban J connectivity index is 2.02. The molecule has 2 fully saturated rings. The van der Waals surface area contributed by atoms with E-state index < -0.39 is 5.60 Å². The van der Waals surface area contributed by atoms with Gasteiger partial charge in [-0.25, -0.2) is 4.79 Å². The summed E-state index contributed by atoms with van der Waals surface area (Å²) in [5.41, 5.74) is 5.99. The molecule has 2 N–H and O–H groups in total. The van der Waals surface area contributed by atoms with Crippen LogP contribution in [0.15, 0.2) is 0 Å². The van der Waals surface area contributed by atoms with Crippen LogP contribution in [0.3, 0.4) is 0 Å². The Hall–Kier alpha value is -0.745. The van der Waals surface area contributed by atoms with Crippen molar-refractivity contribution in [3.63, 3.8) is 0 Å². The molecule has 5 nitrogen and oxygen atoms in total. The lowest BCUT2D eigenvalue weighted by Gasteiger charge is -2.29. The zero-order valence-electron chi connectivity index (χ0n) is 11.2. The van der Waals surface area contributed by atoms with Gasteiger partial charge >= 0.3 is 6.09 Å². The Kier molecular flexibility index (Phi) is 3.12. The first-order valence-corrected chi connectivity index (χ1v) is 6.17. The lowest BCUT2D eigenvalue weighted by Crippen LogP contribution is -2.47. The third-order valence-electron chi connectivity index (χ3n) is 3.37. The van der Waals surface area contributed by atoms with Crippen LogP contribution in [0.1, 0.15) is 34.6 Å². The Bertz CT molecular complexity index is 318. The van der Waals surface area contributed by atoms with E-state index in [1.54, 1.807) is 4.81 Å². The SMILES string of the molecule is CC1NNC2C1[B]N(C(=O)OC(C)(C)C)C2C.